The lowest BCUT2D eigenvalue weighted by atomic mass is 9.41. The van der Waals surface area contributed by atoms with Crippen LogP contribution in [0.5, 0.6) is 0 Å². The zero-order valence-corrected chi connectivity index (χ0v) is 20.4. The minimum absolute atomic E-state index is 0.0795. The third-order valence-corrected chi connectivity index (χ3v) is 11.1. The molecule has 4 fully saturated rings. The first-order valence-electron chi connectivity index (χ1n) is 12.9. The molecule has 2 nitrogen and oxygen atoms in total. The number of hydrogen-bond donors (Lipinski definition) is 0. The molecule has 1 aromatic carbocycles. The van der Waals surface area contributed by atoms with Gasteiger partial charge in [-0.15, -0.1) is 6.42 Å². The van der Waals surface area contributed by atoms with Crippen molar-refractivity contribution >= 4 is 5.78 Å². The Morgan fingerprint density at radius 2 is 1.91 bits per heavy atom. The van der Waals surface area contributed by atoms with Gasteiger partial charge >= 0.3 is 0 Å². The first-order chi connectivity index (χ1) is 15.3. The minimum atomic E-state index is -0.400. The van der Waals surface area contributed by atoms with Crippen LogP contribution in [0.1, 0.15) is 100 Å². The molecule has 1 radical (unpaired) electrons. The quantitative estimate of drug-likeness (QED) is 0.387. The van der Waals surface area contributed by atoms with Gasteiger partial charge in [0.15, 0.2) is 5.78 Å². The second-order valence-corrected chi connectivity index (χ2v) is 11.7. The van der Waals surface area contributed by atoms with Crippen LogP contribution in [0.25, 0.3) is 0 Å². The van der Waals surface area contributed by atoms with Crippen molar-refractivity contribution in [2.45, 2.75) is 90.1 Å². The first-order valence-corrected chi connectivity index (χ1v) is 12.9. The number of benzene rings is 1. The number of terminal acetylenes is 1. The van der Waals surface area contributed by atoms with Gasteiger partial charge in [0.25, 0.3) is 0 Å². The Balaban J connectivity index is 1.56. The highest BCUT2D eigenvalue weighted by molar-refractivity contribution is 5.95. The fourth-order valence-corrected chi connectivity index (χ4v) is 9.52. The van der Waals surface area contributed by atoms with Crippen LogP contribution in [0, 0.1) is 52.9 Å². The SMILES string of the molecule is C#CC1(OC)CC[C@H]2[C@@H]3CCC4CCCC(c5c[c]ccc5C(C)=O)[C@]4(C)[C@@H]3CC[C@@]21C. The highest BCUT2D eigenvalue weighted by Crippen LogP contribution is 2.70. The monoisotopic (exact) mass is 431 g/mol. The van der Waals surface area contributed by atoms with Crippen LogP contribution < -0.4 is 0 Å². The van der Waals surface area contributed by atoms with Gasteiger partial charge in [0.2, 0.25) is 0 Å². The van der Waals surface area contributed by atoms with Crippen molar-refractivity contribution in [3.05, 3.63) is 35.4 Å². The maximum atomic E-state index is 12.5. The van der Waals surface area contributed by atoms with E-state index < -0.39 is 5.60 Å². The van der Waals surface area contributed by atoms with Gasteiger partial charge < -0.3 is 4.74 Å². The lowest BCUT2D eigenvalue weighted by Gasteiger charge is -2.63. The van der Waals surface area contributed by atoms with E-state index in [-0.39, 0.29) is 16.6 Å². The summed E-state index contributed by atoms with van der Waals surface area (Å²) in [5, 5.41) is 0. The third-order valence-electron chi connectivity index (χ3n) is 11.1. The molecule has 0 bridgehead atoms. The van der Waals surface area contributed by atoms with Crippen LogP contribution in [0.15, 0.2) is 18.2 Å². The number of Topliss-reactive ketones (excluding diaryl/α,β-unsaturated/α-hetero) is 1. The average molecular weight is 432 g/mol. The molecule has 0 spiro atoms. The van der Waals surface area contributed by atoms with E-state index in [1.165, 1.54) is 50.5 Å². The number of ketones is 1. The summed E-state index contributed by atoms with van der Waals surface area (Å²) in [5.74, 6) is 6.59. The van der Waals surface area contributed by atoms with Gasteiger partial charge in [0.05, 0.1) is 0 Å². The fourth-order valence-electron chi connectivity index (χ4n) is 9.52. The van der Waals surface area contributed by atoms with Crippen molar-refractivity contribution in [1.82, 2.24) is 0 Å². The molecular formula is C30H39O2. The van der Waals surface area contributed by atoms with E-state index in [2.05, 4.69) is 31.9 Å². The predicted molar refractivity (Wildman–Crippen MR) is 128 cm³/mol. The van der Waals surface area contributed by atoms with Crippen LogP contribution in [0.2, 0.25) is 0 Å². The molecule has 3 unspecified atom stereocenters. The number of rotatable bonds is 3. The molecule has 8 atom stereocenters. The zero-order valence-electron chi connectivity index (χ0n) is 20.4. The number of fused-ring (bicyclic) bond motifs is 5. The van der Waals surface area contributed by atoms with Crippen LogP contribution in [-0.4, -0.2) is 18.5 Å². The Labute approximate surface area is 194 Å². The molecular weight excluding hydrogens is 392 g/mol. The van der Waals surface area contributed by atoms with E-state index in [0.717, 1.165) is 30.2 Å². The van der Waals surface area contributed by atoms with Gasteiger partial charge in [-0.1, -0.05) is 44.4 Å². The van der Waals surface area contributed by atoms with Crippen molar-refractivity contribution in [3.8, 4) is 12.3 Å². The third kappa shape index (κ3) is 2.79. The van der Waals surface area contributed by atoms with E-state index in [0.29, 0.717) is 17.8 Å². The molecule has 0 saturated heterocycles. The van der Waals surface area contributed by atoms with Crippen molar-refractivity contribution in [3.63, 3.8) is 0 Å². The predicted octanol–water partition coefficient (Wildman–Crippen LogP) is 6.83. The normalized spacial score (nSPS) is 45.3. The molecule has 0 N–H and O–H groups in total. The van der Waals surface area contributed by atoms with Crippen molar-refractivity contribution in [2.24, 2.45) is 34.5 Å². The molecule has 32 heavy (non-hydrogen) atoms. The fraction of sp³-hybridized carbons (Fsp3) is 0.700. The standard InChI is InChI=1S/C30H39O2/c1-6-30(32-5)19-17-25-24-15-14-21-10-9-13-26(23-12-8-7-11-22(23)20(2)31)29(21,4)27(24)16-18-28(25,30)3/h1,7,11-12,21,24-27H,9-10,13-19H2,2-5H3/t21?,24-,25-,26?,27+,28-,29+,30?/m0/s1. The number of ether oxygens (including phenoxy) is 1. The Morgan fingerprint density at radius 3 is 2.62 bits per heavy atom. The molecule has 5 rings (SSSR count). The highest BCUT2D eigenvalue weighted by Gasteiger charge is 2.66. The molecule has 0 aliphatic heterocycles. The highest BCUT2D eigenvalue weighted by atomic mass is 16.5. The molecule has 0 aromatic heterocycles. The summed E-state index contributed by atoms with van der Waals surface area (Å²) >= 11 is 0. The average Bonchev–Trinajstić information content (AvgIpc) is 3.11. The van der Waals surface area contributed by atoms with Crippen molar-refractivity contribution in [2.75, 3.05) is 7.11 Å². The summed E-state index contributed by atoms with van der Waals surface area (Å²) in [5.41, 5.74) is 2.11. The van der Waals surface area contributed by atoms with Gasteiger partial charge in [-0.3, -0.25) is 4.79 Å². The minimum Gasteiger partial charge on any atom is -0.365 e. The number of carbonyl (C=O) groups is 1. The Kier molecular flexibility index (Phi) is 5.37. The van der Waals surface area contributed by atoms with E-state index in [1.807, 2.05) is 19.2 Å². The maximum Gasteiger partial charge on any atom is 0.160 e. The summed E-state index contributed by atoms with van der Waals surface area (Å²) in [6.07, 6.45) is 17.2. The maximum absolute atomic E-state index is 12.5. The van der Waals surface area contributed by atoms with E-state index in [1.54, 1.807) is 6.92 Å². The molecule has 0 heterocycles. The van der Waals surface area contributed by atoms with Crippen LogP contribution >= 0.6 is 0 Å². The summed E-state index contributed by atoms with van der Waals surface area (Å²) in [6.45, 7) is 6.74. The molecule has 4 aliphatic carbocycles. The summed E-state index contributed by atoms with van der Waals surface area (Å²) < 4.78 is 6.09. The van der Waals surface area contributed by atoms with Crippen LogP contribution in [-0.2, 0) is 4.74 Å². The summed E-state index contributed by atoms with van der Waals surface area (Å²) in [7, 11) is 1.82. The molecule has 4 aliphatic rings. The van der Waals surface area contributed by atoms with Gasteiger partial charge in [-0.05, 0) is 105 Å². The van der Waals surface area contributed by atoms with Gasteiger partial charge in [0, 0.05) is 18.1 Å². The van der Waals surface area contributed by atoms with E-state index >= 15 is 0 Å². The van der Waals surface area contributed by atoms with Crippen molar-refractivity contribution < 1.29 is 9.53 Å². The largest absolute Gasteiger partial charge is 0.365 e. The lowest BCUT2D eigenvalue weighted by molar-refractivity contribution is -0.148. The Bertz CT molecular complexity index is 942. The number of hydrogen-bond acceptors (Lipinski definition) is 2. The summed E-state index contributed by atoms with van der Waals surface area (Å²) in [6, 6.07) is 9.35. The van der Waals surface area contributed by atoms with E-state index in [9.17, 15) is 4.79 Å². The molecule has 1 aromatic rings. The molecule has 2 heteroatoms. The zero-order chi connectivity index (χ0) is 22.7. The lowest BCUT2D eigenvalue weighted by Crippen LogP contribution is -2.57. The number of carbonyl (C=O) groups excluding carboxylic acids is 1. The second kappa shape index (κ2) is 7.73. The molecule has 171 valence electrons. The smallest absolute Gasteiger partial charge is 0.160 e. The molecule has 4 saturated carbocycles. The van der Waals surface area contributed by atoms with Gasteiger partial charge in [-0.25, -0.2) is 0 Å². The second-order valence-electron chi connectivity index (χ2n) is 11.7. The Hall–Kier alpha value is -1.59. The van der Waals surface area contributed by atoms with Crippen LogP contribution in [0.4, 0.5) is 0 Å². The Morgan fingerprint density at radius 1 is 1.12 bits per heavy atom. The molecule has 0 amide bonds. The van der Waals surface area contributed by atoms with E-state index in [4.69, 9.17) is 11.2 Å². The van der Waals surface area contributed by atoms with Gasteiger partial charge in [-0.2, -0.15) is 0 Å². The first kappa shape index (κ1) is 22.2. The topological polar surface area (TPSA) is 26.3 Å². The van der Waals surface area contributed by atoms with Crippen molar-refractivity contribution in [1.29, 1.82) is 0 Å². The van der Waals surface area contributed by atoms with Gasteiger partial charge in [0.1, 0.15) is 5.60 Å². The van der Waals surface area contributed by atoms with Crippen LogP contribution in [0.3, 0.4) is 0 Å². The summed E-state index contributed by atoms with van der Waals surface area (Å²) in [4.78, 5) is 12.5. The number of methoxy groups -OCH3 is 1.